The largest absolute Gasteiger partial charge is 0.376 e. The van der Waals surface area contributed by atoms with Crippen LogP contribution in [-0.4, -0.2) is 24.5 Å². The van der Waals surface area contributed by atoms with Crippen molar-refractivity contribution in [1.82, 2.24) is 10.7 Å². The van der Waals surface area contributed by atoms with Crippen LogP contribution in [0.3, 0.4) is 0 Å². The Labute approximate surface area is 159 Å². The summed E-state index contributed by atoms with van der Waals surface area (Å²) in [6.07, 6.45) is 0.551. The lowest BCUT2D eigenvalue weighted by molar-refractivity contribution is -0.123. The number of benzene rings is 1. The number of fused-ring (bicyclic) bond motifs is 1. The van der Waals surface area contributed by atoms with Crippen LogP contribution < -0.4 is 27.6 Å². The molecule has 0 spiro atoms. The highest BCUT2D eigenvalue weighted by Gasteiger charge is 2.27. The molecule has 0 fully saturated rings. The molecule has 0 bridgehead atoms. The molecule has 3 rings (SSSR count). The fourth-order valence-corrected chi connectivity index (χ4v) is 4.07. The number of amides is 4. The maximum Gasteiger partial charge on any atom is 0.320 e. The molecular formula is C17H19N5O4S. The van der Waals surface area contributed by atoms with Crippen LogP contribution in [0.25, 0.3) is 0 Å². The third-order valence-corrected chi connectivity index (χ3v) is 5.23. The van der Waals surface area contributed by atoms with Gasteiger partial charge in [-0.2, -0.15) is 0 Å². The summed E-state index contributed by atoms with van der Waals surface area (Å²) < 4.78 is 5.38. The third-order valence-electron chi connectivity index (χ3n) is 4.11. The predicted molar refractivity (Wildman–Crippen MR) is 99.9 cm³/mol. The summed E-state index contributed by atoms with van der Waals surface area (Å²) in [5, 5.41) is 5.51. The van der Waals surface area contributed by atoms with Gasteiger partial charge in [-0.1, -0.05) is 30.3 Å². The van der Waals surface area contributed by atoms with Crippen molar-refractivity contribution in [2.75, 3.05) is 11.9 Å². The van der Waals surface area contributed by atoms with Crippen LogP contribution in [0.5, 0.6) is 0 Å². The third kappa shape index (κ3) is 4.08. The zero-order valence-corrected chi connectivity index (χ0v) is 15.1. The number of hydrogen-bond acceptors (Lipinski definition) is 6. The van der Waals surface area contributed by atoms with Gasteiger partial charge < -0.3 is 15.8 Å². The van der Waals surface area contributed by atoms with Crippen molar-refractivity contribution in [3.05, 3.63) is 51.9 Å². The number of primary amides is 1. The summed E-state index contributed by atoms with van der Waals surface area (Å²) in [4.78, 5) is 37.3. The van der Waals surface area contributed by atoms with Crippen LogP contribution in [0.4, 0.5) is 9.80 Å². The maximum atomic E-state index is 12.5. The fourth-order valence-electron chi connectivity index (χ4n) is 2.88. The van der Waals surface area contributed by atoms with Gasteiger partial charge in [0.1, 0.15) is 11.0 Å². The number of anilines is 1. The van der Waals surface area contributed by atoms with Crippen molar-refractivity contribution >= 4 is 34.2 Å². The van der Waals surface area contributed by atoms with Gasteiger partial charge >= 0.3 is 6.03 Å². The zero-order chi connectivity index (χ0) is 19.4. The summed E-state index contributed by atoms with van der Waals surface area (Å²) in [5.74, 6) is 4.02. The Hall–Kier alpha value is -2.95. The van der Waals surface area contributed by atoms with E-state index in [0.29, 0.717) is 30.2 Å². The lowest BCUT2D eigenvalue weighted by Gasteiger charge is -2.18. The zero-order valence-electron chi connectivity index (χ0n) is 14.3. The van der Waals surface area contributed by atoms with Crippen molar-refractivity contribution in [2.45, 2.75) is 19.1 Å². The van der Waals surface area contributed by atoms with E-state index in [2.05, 4.69) is 10.6 Å². The minimum atomic E-state index is -0.994. The standard InChI is InChI=1S/C17H19N5O4S/c18-14(23)12-10-6-7-26-8-11(10)27-16(12)21-17(25)20-13(15(24)22-19)9-4-2-1-3-5-9/h1-5,13H,6-8,19H2,(H2,18,23)(H,22,24)(H2,20,21,25). The second kappa shape index (κ2) is 8.16. The van der Waals surface area contributed by atoms with Gasteiger partial charge in [-0.05, 0) is 17.5 Å². The summed E-state index contributed by atoms with van der Waals surface area (Å²) in [5.41, 5.74) is 9.17. The second-order valence-corrected chi connectivity index (χ2v) is 6.93. The van der Waals surface area contributed by atoms with Crippen LogP contribution in [0, 0.1) is 0 Å². The fraction of sp³-hybridized carbons (Fsp3) is 0.235. The molecule has 2 heterocycles. The van der Waals surface area contributed by atoms with E-state index in [0.717, 1.165) is 10.4 Å². The van der Waals surface area contributed by atoms with Gasteiger partial charge in [0, 0.05) is 4.88 Å². The first kappa shape index (κ1) is 18.8. The highest BCUT2D eigenvalue weighted by atomic mass is 32.1. The Bertz CT molecular complexity index is 868. The smallest absolute Gasteiger partial charge is 0.320 e. The molecule has 1 unspecified atom stereocenters. The number of ether oxygens (including phenoxy) is 1. The molecule has 1 aliphatic heterocycles. The first-order valence-corrected chi connectivity index (χ1v) is 8.98. The monoisotopic (exact) mass is 389 g/mol. The predicted octanol–water partition coefficient (Wildman–Crippen LogP) is 0.772. The molecule has 0 aliphatic carbocycles. The molecule has 27 heavy (non-hydrogen) atoms. The number of carbonyl (C=O) groups is 3. The first-order valence-electron chi connectivity index (χ1n) is 8.16. The first-order chi connectivity index (χ1) is 13.0. The van der Waals surface area contributed by atoms with E-state index >= 15 is 0 Å². The van der Waals surface area contributed by atoms with E-state index < -0.39 is 23.9 Å². The summed E-state index contributed by atoms with van der Waals surface area (Å²) in [6, 6.07) is 7.00. The number of carbonyl (C=O) groups excluding carboxylic acids is 3. The maximum absolute atomic E-state index is 12.5. The topological polar surface area (TPSA) is 149 Å². The molecule has 1 atom stereocenters. The molecule has 0 saturated heterocycles. The van der Waals surface area contributed by atoms with E-state index in [9.17, 15) is 14.4 Å². The summed E-state index contributed by atoms with van der Waals surface area (Å²) >= 11 is 1.23. The van der Waals surface area contributed by atoms with Gasteiger partial charge in [-0.3, -0.25) is 20.3 Å². The number of urea groups is 1. The van der Waals surface area contributed by atoms with Gasteiger partial charge in [0.25, 0.3) is 11.8 Å². The van der Waals surface area contributed by atoms with Gasteiger partial charge in [-0.25, -0.2) is 10.6 Å². The normalized spacial score (nSPS) is 14.0. The highest BCUT2D eigenvalue weighted by molar-refractivity contribution is 7.17. The summed E-state index contributed by atoms with van der Waals surface area (Å²) in [7, 11) is 0. The molecule has 7 N–H and O–H groups in total. The molecule has 142 valence electrons. The van der Waals surface area contributed by atoms with Gasteiger partial charge in [0.05, 0.1) is 18.8 Å². The Kier molecular flexibility index (Phi) is 5.69. The average Bonchev–Trinajstić information content (AvgIpc) is 3.04. The molecule has 10 heteroatoms. The number of nitrogens with one attached hydrogen (secondary N) is 3. The van der Waals surface area contributed by atoms with Crippen LogP contribution in [0.15, 0.2) is 30.3 Å². The number of rotatable bonds is 5. The quantitative estimate of drug-likeness (QED) is 0.291. The highest BCUT2D eigenvalue weighted by Crippen LogP contribution is 2.36. The van der Waals surface area contributed by atoms with E-state index in [1.54, 1.807) is 30.3 Å². The molecule has 0 radical (unpaired) electrons. The number of thiophene rings is 1. The molecule has 4 amide bonds. The van der Waals surface area contributed by atoms with E-state index in [1.165, 1.54) is 11.3 Å². The Balaban J connectivity index is 1.81. The van der Waals surface area contributed by atoms with Crippen LogP contribution in [-0.2, 0) is 22.6 Å². The Morgan fingerprint density at radius 3 is 2.59 bits per heavy atom. The Morgan fingerprint density at radius 1 is 1.19 bits per heavy atom. The van der Waals surface area contributed by atoms with Crippen molar-refractivity contribution in [3.8, 4) is 0 Å². The van der Waals surface area contributed by atoms with Crippen LogP contribution in [0.2, 0.25) is 0 Å². The van der Waals surface area contributed by atoms with Gasteiger partial charge in [0.15, 0.2) is 0 Å². The van der Waals surface area contributed by atoms with Crippen molar-refractivity contribution in [2.24, 2.45) is 11.6 Å². The number of hydrogen-bond donors (Lipinski definition) is 5. The molecule has 2 aromatic rings. The molecule has 1 aromatic carbocycles. The molecular weight excluding hydrogens is 370 g/mol. The SMILES string of the molecule is NNC(=O)C(NC(=O)Nc1sc2c(c1C(N)=O)CCOC2)c1ccccc1. The lowest BCUT2D eigenvalue weighted by atomic mass is 10.1. The van der Waals surface area contributed by atoms with Crippen molar-refractivity contribution < 1.29 is 19.1 Å². The molecule has 1 aromatic heterocycles. The Morgan fingerprint density at radius 2 is 1.93 bits per heavy atom. The average molecular weight is 389 g/mol. The van der Waals surface area contributed by atoms with Gasteiger partial charge in [-0.15, -0.1) is 11.3 Å². The van der Waals surface area contributed by atoms with E-state index in [-0.39, 0.29) is 5.56 Å². The second-order valence-electron chi connectivity index (χ2n) is 5.83. The minimum absolute atomic E-state index is 0.285. The summed E-state index contributed by atoms with van der Waals surface area (Å²) in [6.45, 7) is 0.855. The number of nitrogens with two attached hydrogens (primary N) is 2. The number of hydrazine groups is 1. The van der Waals surface area contributed by atoms with E-state index in [4.69, 9.17) is 16.3 Å². The lowest BCUT2D eigenvalue weighted by Crippen LogP contribution is -2.44. The molecule has 1 aliphatic rings. The minimum Gasteiger partial charge on any atom is -0.376 e. The van der Waals surface area contributed by atoms with Gasteiger partial charge in [0.2, 0.25) is 0 Å². The van der Waals surface area contributed by atoms with Crippen LogP contribution in [0.1, 0.15) is 32.4 Å². The molecule has 9 nitrogen and oxygen atoms in total. The van der Waals surface area contributed by atoms with E-state index in [1.807, 2.05) is 5.43 Å². The molecule has 0 saturated carbocycles. The van der Waals surface area contributed by atoms with Crippen LogP contribution >= 0.6 is 11.3 Å². The van der Waals surface area contributed by atoms with Crippen molar-refractivity contribution in [3.63, 3.8) is 0 Å². The van der Waals surface area contributed by atoms with Crippen molar-refractivity contribution in [1.29, 1.82) is 0 Å².